The van der Waals surface area contributed by atoms with Crippen molar-refractivity contribution in [1.29, 1.82) is 0 Å². The van der Waals surface area contributed by atoms with Gasteiger partial charge in [-0.3, -0.25) is 14.3 Å². The number of aryl methyl sites for hydroxylation is 1. The number of hydrogen-bond acceptors (Lipinski definition) is 9. The highest BCUT2D eigenvalue weighted by Crippen LogP contribution is 2.40. The van der Waals surface area contributed by atoms with E-state index in [-0.39, 0.29) is 28.7 Å². The summed E-state index contributed by atoms with van der Waals surface area (Å²) in [5, 5.41) is 13.5. The summed E-state index contributed by atoms with van der Waals surface area (Å²) in [4.78, 5) is 30.8. The van der Waals surface area contributed by atoms with Gasteiger partial charge < -0.3 is 14.6 Å². The Morgan fingerprint density at radius 2 is 1.70 bits per heavy atom. The standard InChI is InChI=1S/C31H41N7O5S/c1-18-11-12-19(29(40)33-21-14-20(30(2,3)4)15-22(26(21)43-9)35-44(10,41)42)13-24(18)38-17-23(34-36-38)25-16-32-28(37(25)8)27(39)31(5,6)7/h11-16,23,35H,17H2,1-10H3,(H,33,40). The predicted molar refractivity (Wildman–Crippen MR) is 171 cm³/mol. The molecule has 3 aromatic rings. The molecular formula is C31H41N7O5S. The molecule has 1 atom stereocenters. The van der Waals surface area contributed by atoms with E-state index in [2.05, 4.69) is 25.4 Å². The van der Waals surface area contributed by atoms with Crippen LogP contribution >= 0.6 is 0 Å². The Hall–Kier alpha value is -4.26. The lowest BCUT2D eigenvalue weighted by Gasteiger charge is -2.24. The van der Waals surface area contributed by atoms with Crippen LogP contribution in [0.3, 0.4) is 0 Å². The van der Waals surface area contributed by atoms with Gasteiger partial charge in [0.05, 0.1) is 48.9 Å². The molecule has 0 radical (unpaired) electrons. The van der Waals surface area contributed by atoms with Crippen molar-refractivity contribution in [1.82, 2.24) is 9.55 Å². The summed E-state index contributed by atoms with van der Waals surface area (Å²) in [6.45, 7) is 13.9. The molecule has 44 heavy (non-hydrogen) atoms. The van der Waals surface area contributed by atoms with E-state index in [1.54, 1.807) is 47.1 Å². The number of carbonyl (C=O) groups excluding carboxylic acids is 2. The van der Waals surface area contributed by atoms with Gasteiger partial charge in [-0.1, -0.05) is 52.8 Å². The van der Waals surface area contributed by atoms with Gasteiger partial charge in [-0.05, 0) is 47.7 Å². The van der Waals surface area contributed by atoms with Crippen LogP contribution < -0.4 is 19.8 Å². The summed E-state index contributed by atoms with van der Waals surface area (Å²) in [6, 6.07) is 8.41. The summed E-state index contributed by atoms with van der Waals surface area (Å²) < 4.78 is 34.0. The van der Waals surface area contributed by atoms with Crippen molar-refractivity contribution in [3.63, 3.8) is 0 Å². The van der Waals surface area contributed by atoms with Crippen LogP contribution in [0.15, 0.2) is 46.9 Å². The van der Waals surface area contributed by atoms with Crippen LogP contribution in [-0.2, 0) is 22.5 Å². The summed E-state index contributed by atoms with van der Waals surface area (Å²) in [6.07, 6.45) is 2.72. The highest BCUT2D eigenvalue weighted by Gasteiger charge is 2.31. The molecule has 0 saturated heterocycles. The molecule has 4 rings (SSSR count). The fourth-order valence-electron chi connectivity index (χ4n) is 4.81. The molecule has 1 amide bonds. The number of hydrogen-bond donors (Lipinski definition) is 2. The number of amides is 1. The first-order chi connectivity index (χ1) is 20.3. The van der Waals surface area contributed by atoms with Gasteiger partial charge in [0, 0.05) is 18.0 Å². The molecule has 0 saturated carbocycles. The molecule has 1 aliphatic heterocycles. The Morgan fingerprint density at radius 1 is 1.05 bits per heavy atom. The maximum atomic E-state index is 13.6. The molecule has 0 bridgehead atoms. The molecule has 12 nitrogen and oxygen atoms in total. The first kappa shape index (κ1) is 32.6. The lowest BCUT2D eigenvalue weighted by molar-refractivity contribution is 0.0843. The smallest absolute Gasteiger partial charge is 0.255 e. The van der Waals surface area contributed by atoms with Crippen molar-refractivity contribution in [2.24, 2.45) is 22.8 Å². The quantitative estimate of drug-likeness (QED) is 0.301. The van der Waals surface area contributed by atoms with Crippen LogP contribution in [0.2, 0.25) is 0 Å². The van der Waals surface area contributed by atoms with Gasteiger partial charge in [0.15, 0.2) is 11.6 Å². The maximum absolute atomic E-state index is 13.6. The van der Waals surface area contributed by atoms with Gasteiger partial charge in [-0.2, -0.15) is 5.11 Å². The molecule has 2 N–H and O–H groups in total. The largest absolute Gasteiger partial charge is 0.492 e. The average molecular weight is 624 g/mol. The van der Waals surface area contributed by atoms with E-state index in [0.717, 1.165) is 23.1 Å². The van der Waals surface area contributed by atoms with Gasteiger partial charge in [-0.25, -0.2) is 18.4 Å². The van der Waals surface area contributed by atoms with Gasteiger partial charge >= 0.3 is 0 Å². The average Bonchev–Trinajstić information content (AvgIpc) is 3.53. The number of aromatic nitrogens is 2. The number of methoxy groups -OCH3 is 1. The lowest BCUT2D eigenvalue weighted by atomic mass is 9.86. The minimum absolute atomic E-state index is 0.0588. The number of anilines is 3. The van der Waals surface area contributed by atoms with Gasteiger partial charge in [0.2, 0.25) is 15.8 Å². The number of nitrogens with one attached hydrogen (secondary N) is 2. The molecule has 13 heteroatoms. The zero-order chi connectivity index (χ0) is 32.8. The van der Waals surface area contributed by atoms with Crippen molar-refractivity contribution in [3.05, 3.63) is 64.7 Å². The van der Waals surface area contributed by atoms with Crippen LogP contribution in [0.4, 0.5) is 17.1 Å². The SMILES string of the molecule is COc1c(NC(=O)c2ccc(C)c(N3CC(c4cnc(C(=O)C(C)(C)C)n4C)N=N3)c2)cc(C(C)(C)C)cc1NS(C)(=O)=O. The minimum atomic E-state index is -3.62. The molecule has 2 heterocycles. The summed E-state index contributed by atoms with van der Waals surface area (Å²) in [7, 11) is -0.400. The second-order valence-corrected chi connectivity index (χ2v) is 14.9. The predicted octanol–water partition coefficient (Wildman–Crippen LogP) is 5.82. The number of nitrogens with zero attached hydrogens (tertiary/aromatic N) is 5. The summed E-state index contributed by atoms with van der Waals surface area (Å²) in [5.41, 5.74) is 3.17. The number of Topliss-reactive ketones (excluding diaryl/α,β-unsaturated/α-hetero) is 1. The molecule has 0 spiro atoms. The second kappa shape index (κ2) is 11.7. The third kappa shape index (κ3) is 6.93. The fourth-order valence-corrected chi connectivity index (χ4v) is 5.36. The monoisotopic (exact) mass is 623 g/mol. The highest BCUT2D eigenvalue weighted by molar-refractivity contribution is 7.92. The van der Waals surface area contributed by atoms with Crippen molar-refractivity contribution < 1.29 is 22.7 Å². The Labute approximate surface area is 258 Å². The molecule has 0 aliphatic carbocycles. The maximum Gasteiger partial charge on any atom is 0.255 e. The van der Waals surface area contributed by atoms with Gasteiger partial charge in [0.1, 0.15) is 6.04 Å². The highest BCUT2D eigenvalue weighted by atomic mass is 32.2. The number of carbonyl (C=O) groups is 2. The molecule has 0 fully saturated rings. The lowest BCUT2D eigenvalue weighted by Crippen LogP contribution is -2.24. The van der Waals surface area contributed by atoms with E-state index < -0.39 is 21.3 Å². The van der Waals surface area contributed by atoms with E-state index in [0.29, 0.717) is 29.3 Å². The fraction of sp³-hybridized carbons (Fsp3) is 0.452. The van der Waals surface area contributed by atoms with Gasteiger partial charge in [-0.15, -0.1) is 0 Å². The number of ketones is 1. The summed E-state index contributed by atoms with van der Waals surface area (Å²) >= 11 is 0. The van der Waals surface area contributed by atoms with E-state index in [1.165, 1.54) is 7.11 Å². The summed E-state index contributed by atoms with van der Waals surface area (Å²) in [5.74, 6) is 0.0969. The number of sulfonamides is 1. The number of rotatable bonds is 8. The Morgan fingerprint density at radius 3 is 2.30 bits per heavy atom. The van der Waals surface area contributed by atoms with Crippen LogP contribution in [0.1, 0.15) is 85.4 Å². The van der Waals surface area contributed by atoms with Crippen LogP contribution in [0.25, 0.3) is 0 Å². The van der Waals surface area contributed by atoms with Crippen LogP contribution in [0, 0.1) is 12.3 Å². The normalized spacial score (nSPS) is 15.4. The Kier molecular flexibility index (Phi) is 8.67. The van der Waals surface area contributed by atoms with Crippen molar-refractivity contribution >= 4 is 38.8 Å². The second-order valence-electron chi connectivity index (χ2n) is 13.1. The van der Waals surface area contributed by atoms with E-state index in [9.17, 15) is 18.0 Å². The van der Waals surface area contributed by atoms with E-state index in [4.69, 9.17) is 4.74 Å². The number of ether oxygens (including phenoxy) is 1. The van der Waals surface area contributed by atoms with E-state index >= 15 is 0 Å². The molecule has 1 aliphatic rings. The van der Waals surface area contributed by atoms with Gasteiger partial charge in [0.25, 0.3) is 5.91 Å². The zero-order valence-electron chi connectivity index (χ0n) is 26.9. The Bertz CT molecular complexity index is 1750. The van der Waals surface area contributed by atoms with Crippen molar-refractivity contribution in [2.45, 2.75) is 59.9 Å². The molecule has 1 unspecified atom stereocenters. The van der Waals surface area contributed by atoms with E-state index in [1.807, 2.05) is 54.5 Å². The molecule has 2 aromatic carbocycles. The third-order valence-electron chi connectivity index (χ3n) is 7.35. The minimum Gasteiger partial charge on any atom is -0.492 e. The number of imidazole rings is 1. The third-order valence-corrected chi connectivity index (χ3v) is 7.94. The zero-order valence-corrected chi connectivity index (χ0v) is 27.8. The molecule has 236 valence electrons. The van der Waals surface area contributed by atoms with Crippen molar-refractivity contribution in [3.8, 4) is 5.75 Å². The first-order valence-electron chi connectivity index (χ1n) is 14.2. The molecule has 1 aromatic heterocycles. The Balaban J connectivity index is 1.61. The number of benzene rings is 2. The molecular weight excluding hydrogens is 582 g/mol. The first-order valence-corrected chi connectivity index (χ1v) is 16.1. The van der Waals surface area contributed by atoms with Crippen LogP contribution in [-0.4, -0.2) is 49.6 Å². The van der Waals surface area contributed by atoms with Crippen molar-refractivity contribution in [2.75, 3.05) is 35.0 Å². The van der Waals surface area contributed by atoms with Crippen LogP contribution in [0.5, 0.6) is 5.75 Å². The topological polar surface area (TPSA) is 147 Å².